The predicted octanol–water partition coefficient (Wildman–Crippen LogP) is 7.16. The summed E-state index contributed by atoms with van der Waals surface area (Å²) in [5, 5.41) is 0. The average molecular weight is 436 g/mol. The fourth-order valence-corrected chi connectivity index (χ4v) is 4.57. The minimum atomic E-state index is -6.00. The minimum absolute atomic E-state index is 0.0864. The second-order valence-corrected chi connectivity index (χ2v) is 8.27. The van der Waals surface area contributed by atoms with Crippen molar-refractivity contribution >= 4 is 30.3 Å². The van der Waals surface area contributed by atoms with Crippen LogP contribution in [0.2, 0.25) is 0 Å². The highest BCUT2D eigenvalue weighted by molar-refractivity contribution is 6.50. The van der Waals surface area contributed by atoms with Gasteiger partial charge in [-0.05, 0) is 39.5 Å². The summed E-state index contributed by atoms with van der Waals surface area (Å²) in [4.78, 5) is 10.9. The number of halogens is 4. The lowest BCUT2D eigenvalue weighted by Crippen LogP contribution is -2.27. The Bertz CT molecular complexity index is 1210. The highest BCUT2D eigenvalue weighted by atomic mass is 19.5. The van der Waals surface area contributed by atoms with E-state index in [0.29, 0.717) is 5.78 Å². The SMILES string of the molecule is CC1(C)c2ccccc2C(=C2C(=[OH+])C=Cc3ccccc32)c2ccccc21.F[B-](F)(F)F. The molecule has 0 heterocycles. The number of carbonyl (C=O) groups excluding carboxylic acids is 1. The Morgan fingerprint density at radius 1 is 0.625 bits per heavy atom. The van der Waals surface area contributed by atoms with Crippen LogP contribution in [0.5, 0.6) is 0 Å². The summed E-state index contributed by atoms with van der Waals surface area (Å²) in [5.74, 6) is 0.327. The molecule has 0 fully saturated rings. The smallest absolute Gasteiger partial charge is 0.418 e. The van der Waals surface area contributed by atoms with Crippen molar-refractivity contribution in [1.82, 2.24) is 0 Å². The summed E-state index contributed by atoms with van der Waals surface area (Å²) < 4.78 is 39.0. The van der Waals surface area contributed by atoms with Crippen molar-refractivity contribution in [3.63, 3.8) is 0 Å². The molecule has 2 aliphatic carbocycles. The molecule has 1 nitrogen and oxygen atoms in total. The number of allylic oxidation sites excluding steroid dienone is 2. The predicted molar refractivity (Wildman–Crippen MR) is 124 cm³/mol. The molecule has 0 saturated carbocycles. The van der Waals surface area contributed by atoms with Crippen molar-refractivity contribution in [2.24, 2.45) is 0 Å². The summed E-state index contributed by atoms with van der Waals surface area (Å²) >= 11 is 0. The van der Waals surface area contributed by atoms with Gasteiger partial charge in [0.2, 0.25) is 0 Å². The number of benzene rings is 3. The summed E-state index contributed by atoms with van der Waals surface area (Å²) in [6.07, 6.45) is 3.80. The van der Waals surface area contributed by atoms with Crippen LogP contribution in [-0.4, -0.2) is 17.8 Å². The Morgan fingerprint density at radius 3 is 1.59 bits per heavy atom. The van der Waals surface area contributed by atoms with E-state index in [9.17, 15) is 22.1 Å². The molecule has 5 rings (SSSR count). The zero-order valence-corrected chi connectivity index (χ0v) is 17.6. The summed E-state index contributed by atoms with van der Waals surface area (Å²) in [6, 6.07) is 25.5. The molecule has 0 spiro atoms. The van der Waals surface area contributed by atoms with Crippen molar-refractivity contribution in [2.45, 2.75) is 19.3 Å². The minimum Gasteiger partial charge on any atom is -0.418 e. The topological polar surface area (TPSA) is 21.4 Å². The number of rotatable bonds is 0. The maximum atomic E-state index is 10.9. The first-order chi connectivity index (χ1) is 15.1. The van der Waals surface area contributed by atoms with Crippen molar-refractivity contribution < 1.29 is 22.1 Å². The molecule has 3 aromatic carbocycles. The van der Waals surface area contributed by atoms with E-state index in [1.54, 1.807) is 0 Å². The quantitative estimate of drug-likeness (QED) is 0.154. The lowest BCUT2D eigenvalue weighted by molar-refractivity contribution is 0.368. The molecule has 0 atom stereocenters. The van der Waals surface area contributed by atoms with Gasteiger partial charge < -0.3 is 17.3 Å². The number of hydrogen-bond donors (Lipinski definition) is 0. The lowest BCUT2D eigenvalue weighted by Gasteiger charge is -2.37. The standard InChI is InChI=1S/C26H20O.BF4/c1-26(2)21-13-7-5-11-19(21)24(20-12-6-8-14-22(20)26)25-18-10-4-3-9-17(18)15-16-23(25)27;2-1(3,4)5/h3-16H,1-2H3;/q;-1/p+1. The Labute approximate surface area is 184 Å². The lowest BCUT2D eigenvalue weighted by atomic mass is 9.65. The molecular formula is C26H21BF4O. The van der Waals surface area contributed by atoms with Crippen molar-refractivity contribution in [1.29, 1.82) is 0 Å². The Hall–Kier alpha value is -3.41. The Kier molecular flexibility index (Phi) is 5.41. The molecule has 0 unspecified atom stereocenters. The molecule has 0 aliphatic heterocycles. The molecule has 2 aliphatic rings. The van der Waals surface area contributed by atoms with Gasteiger partial charge in [-0.2, -0.15) is 0 Å². The van der Waals surface area contributed by atoms with E-state index < -0.39 is 7.25 Å². The van der Waals surface area contributed by atoms with Crippen molar-refractivity contribution in [3.05, 3.63) is 112 Å². The third-order valence-corrected chi connectivity index (χ3v) is 5.90. The third-order valence-electron chi connectivity index (χ3n) is 5.90. The largest absolute Gasteiger partial charge is 0.673 e. The van der Waals surface area contributed by atoms with E-state index >= 15 is 0 Å². The summed E-state index contributed by atoms with van der Waals surface area (Å²) in [6.45, 7) is 4.56. The van der Waals surface area contributed by atoms with Crippen LogP contribution in [0.15, 0.2) is 78.9 Å². The molecule has 1 N–H and O–H groups in total. The molecule has 0 radical (unpaired) electrons. The van der Waals surface area contributed by atoms with E-state index in [4.69, 9.17) is 0 Å². The molecule has 162 valence electrons. The Balaban J connectivity index is 0.000000444. The van der Waals surface area contributed by atoms with Gasteiger partial charge in [0.05, 0.1) is 5.57 Å². The molecule has 3 aromatic rings. The van der Waals surface area contributed by atoms with Gasteiger partial charge in [-0.3, -0.25) is 4.79 Å². The van der Waals surface area contributed by atoms with E-state index in [2.05, 4.69) is 74.5 Å². The molecule has 0 aromatic heterocycles. The summed E-state index contributed by atoms with van der Waals surface area (Å²) in [5.41, 5.74) is 9.17. The van der Waals surface area contributed by atoms with Gasteiger partial charge in [0, 0.05) is 17.1 Å². The molecule has 0 amide bonds. The molecule has 0 saturated heterocycles. The zero-order valence-electron chi connectivity index (χ0n) is 17.6. The van der Waals surface area contributed by atoms with Gasteiger partial charge in [-0.25, -0.2) is 0 Å². The van der Waals surface area contributed by atoms with Crippen LogP contribution < -0.4 is 0 Å². The van der Waals surface area contributed by atoms with Gasteiger partial charge in [0.15, 0.2) is 0 Å². The number of hydrogen-bond acceptors (Lipinski definition) is 0. The van der Waals surface area contributed by atoms with Crippen LogP contribution >= 0.6 is 0 Å². The third kappa shape index (κ3) is 3.93. The maximum Gasteiger partial charge on any atom is 0.673 e. The zero-order chi connectivity index (χ0) is 23.1. The van der Waals surface area contributed by atoms with Gasteiger partial charge in [0.1, 0.15) is 0 Å². The van der Waals surface area contributed by atoms with Crippen molar-refractivity contribution in [3.8, 4) is 0 Å². The number of fused-ring (bicyclic) bond motifs is 3. The Morgan fingerprint density at radius 2 is 1.06 bits per heavy atom. The fourth-order valence-electron chi connectivity index (χ4n) is 4.57. The molecular weight excluding hydrogens is 415 g/mol. The van der Waals surface area contributed by atoms with E-state index in [0.717, 1.165) is 22.3 Å². The normalized spacial score (nSPS) is 15.9. The van der Waals surface area contributed by atoms with Crippen LogP contribution in [0, 0.1) is 0 Å². The fraction of sp³-hybridized carbons (Fsp3) is 0.115. The molecule has 6 heteroatoms. The first-order valence-corrected chi connectivity index (χ1v) is 10.2. The van der Waals surface area contributed by atoms with Crippen LogP contribution in [0.3, 0.4) is 0 Å². The monoisotopic (exact) mass is 436 g/mol. The van der Waals surface area contributed by atoms with Crippen LogP contribution in [0.25, 0.3) is 17.2 Å². The van der Waals surface area contributed by atoms with E-state index in [1.165, 1.54) is 22.3 Å². The second kappa shape index (κ2) is 7.94. The van der Waals surface area contributed by atoms with E-state index in [1.807, 2.05) is 24.3 Å². The van der Waals surface area contributed by atoms with Crippen LogP contribution in [-0.2, 0) is 5.41 Å². The van der Waals surface area contributed by atoms with Gasteiger partial charge in [-0.15, -0.1) is 0 Å². The highest BCUT2D eigenvalue weighted by Crippen LogP contribution is 2.49. The number of ketones is 1. The second-order valence-electron chi connectivity index (χ2n) is 8.27. The van der Waals surface area contributed by atoms with Gasteiger partial charge in [-0.1, -0.05) is 86.6 Å². The maximum absolute atomic E-state index is 10.9. The van der Waals surface area contributed by atoms with Gasteiger partial charge >= 0.3 is 13.0 Å². The molecule has 0 bridgehead atoms. The highest BCUT2D eigenvalue weighted by Gasteiger charge is 2.38. The van der Waals surface area contributed by atoms with Crippen molar-refractivity contribution in [2.75, 3.05) is 0 Å². The summed E-state index contributed by atoms with van der Waals surface area (Å²) in [7, 11) is -6.00. The average Bonchev–Trinajstić information content (AvgIpc) is 2.74. The molecule has 32 heavy (non-hydrogen) atoms. The van der Waals surface area contributed by atoms with Gasteiger partial charge in [0.25, 0.3) is 0 Å². The van der Waals surface area contributed by atoms with Crippen LogP contribution in [0.4, 0.5) is 17.3 Å². The van der Waals surface area contributed by atoms with Crippen LogP contribution in [0.1, 0.15) is 47.2 Å². The van der Waals surface area contributed by atoms with E-state index in [-0.39, 0.29) is 5.41 Å². The first-order valence-electron chi connectivity index (χ1n) is 10.2. The first kappa shape index (κ1) is 21.8.